The van der Waals surface area contributed by atoms with Crippen LogP contribution in [-0.4, -0.2) is 0 Å². The van der Waals surface area contributed by atoms with Gasteiger partial charge in [-0.15, -0.1) is 22.7 Å². The molecule has 102 valence electrons. The molecule has 0 fully saturated rings. The zero-order valence-corrected chi connectivity index (χ0v) is 14.8. The van der Waals surface area contributed by atoms with Crippen molar-refractivity contribution in [1.82, 2.24) is 5.32 Å². The van der Waals surface area contributed by atoms with Crippen molar-refractivity contribution in [3.05, 3.63) is 41.3 Å². The maximum atomic E-state index is 3.76. The molecule has 0 spiro atoms. The molecule has 3 rings (SSSR count). The SMILES string of the molecule is CCc1ccc(CNC2CCCc3sc(I)cc32)s1. The molecular formula is C15H18INS2. The van der Waals surface area contributed by atoms with E-state index in [9.17, 15) is 0 Å². The van der Waals surface area contributed by atoms with E-state index in [1.54, 1.807) is 10.4 Å². The number of aryl methyl sites for hydroxylation is 2. The number of thiophene rings is 2. The van der Waals surface area contributed by atoms with E-state index in [2.05, 4.69) is 53.0 Å². The van der Waals surface area contributed by atoms with Gasteiger partial charge in [-0.3, -0.25) is 0 Å². The lowest BCUT2D eigenvalue weighted by Gasteiger charge is -2.23. The highest BCUT2D eigenvalue weighted by Gasteiger charge is 2.22. The second-order valence-corrected chi connectivity index (χ2v) is 9.26. The molecule has 0 aliphatic heterocycles. The molecule has 0 aromatic carbocycles. The smallest absolute Gasteiger partial charge is 0.0659 e. The third kappa shape index (κ3) is 3.23. The fourth-order valence-electron chi connectivity index (χ4n) is 2.66. The van der Waals surface area contributed by atoms with Crippen LogP contribution in [0.5, 0.6) is 0 Å². The summed E-state index contributed by atoms with van der Waals surface area (Å²) >= 11 is 6.37. The van der Waals surface area contributed by atoms with Crippen LogP contribution in [0.2, 0.25) is 0 Å². The van der Waals surface area contributed by atoms with Gasteiger partial charge < -0.3 is 5.32 Å². The van der Waals surface area contributed by atoms with Gasteiger partial charge in [-0.05, 0) is 72.0 Å². The highest BCUT2D eigenvalue weighted by molar-refractivity contribution is 14.1. The topological polar surface area (TPSA) is 12.0 Å². The monoisotopic (exact) mass is 403 g/mol. The fraction of sp³-hybridized carbons (Fsp3) is 0.467. The Hall–Kier alpha value is 0.0900. The van der Waals surface area contributed by atoms with Gasteiger partial charge in [-0.25, -0.2) is 0 Å². The summed E-state index contributed by atoms with van der Waals surface area (Å²) in [6.45, 7) is 3.24. The largest absolute Gasteiger partial charge is 0.305 e. The Kier molecular flexibility index (Phi) is 4.62. The van der Waals surface area contributed by atoms with Crippen molar-refractivity contribution >= 4 is 45.3 Å². The molecule has 0 amide bonds. The zero-order chi connectivity index (χ0) is 13.2. The maximum Gasteiger partial charge on any atom is 0.0659 e. The van der Waals surface area contributed by atoms with Gasteiger partial charge in [0.05, 0.1) is 2.88 Å². The molecular weight excluding hydrogens is 385 g/mol. The van der Waals surface area contributed by atoms with E-state index in [1.165, 1.54) is 31.9 Å². The van der Waals surface area contributed by atoms with E-state index in [0.29, 0.717) is 6.04 Å². The first-order valence-electron chi connectivity index (χ1n) is 6.85. The predicted molar refractivity (Wildman–Crippen MR) is 93.3 cm³/mol. The Morgan fingerprint density at radius 3 is 2.95 bits per heavy atom. The van der Waals surface area contributed by atoms with Gasteiger partial charge in [0.15, 0.2) is 0 Å². The summed E-state index contributed by atoms with van der Waals surface area (Å²) in [6, 6.07) is 7.48. The highest BCUT2D eigenvalue weighted by Crippen LogP contribution is 2.36. The van der Waals surface area contributed by atoms with Gasteiger partial charge >= 0.3 is 0 Å². The van der Waals surface area contributed by atoms with E-state index in [4.69, 9.17) is 0 Å². The normalized spacial score (nSPS) is 18.5. The molecule has 0 saturated heterocycles. The Morgan fingerprint density at radius 2 is 2.16 bits per heavy atom. The quantitative estimate of drug-likeness (QED) is 0.697. The number of rotatable bonds is 4. The van der Waals surface area contributed by atoms with Gasteiger partial charge in [0.2, 0.25) is 0 Å². The summed E-state index contributed by atoms with van der Waals surface area (Å²) in [5, 5.41) is 3.76. The van der Waals surface area contributed by atoms with Crippen LogP contribution in [0.15, 0.2) is 18.2 Å². The number of hydrogen-bond acceptors (Lipinski definition) is 3. The Labute approximate surface area is 136 Å². The van der Waals surface area contributed by atoms with Crippen molar-refractivity contribution in [2.45, 2.75) is 45.2 Å². The van der Waals surface area contributed by atoms with Crippen molar-refractivity contribution in [1.29, 1.82) is 0 Å². The molecule has 1 aliphatic rings. The lowest BCUT2D eigenvalue weighted by Crippen LogP contribution is -2.23. The molecule has 19 heavy (non-hydrogen) atoms. The average molecular weight is 403 g/mol. The first-order chi connectivity index (χ1) is 9.26. The molecule has 2 aromatic heterocycles. The van der Waals surface area contributed by atoms with Gasteiger partial charge in [0.25, 0.3) is 0 Å². The summed E-state index contributed by atoms with van der Waals surface area (Å²) in [7, 11) is 0. The molecule has 0 bridgehead atoms. The summed E-state index contributed by atoms with van der Waals surface area (Å²) in [5.74, 6) is 0. The van der Waals surface area contributed by atoms with Crippen molar-refractivity contribution in [2.24, 2.45) is 0 Å². The summed E-state index contributed by atoms with van der Waals surface area (Å²) < 4.78 is 1.43. The molecule has 1 unspecified atom stereocenters. The van der Waals surface area contributed by atoms with Gasteiger partial charge in [0.1, 0.15) is 0 Å². The van der Waals surface area contributed by atoms with Crippen LogP contribution in [0.3, 0.4) is 0 Å². The highest BCUT2D eigenvalue weighted by atomic mass is 127. The van der Waals surface area contributed by atoms with E-state index in [-0.39, 0.29) is 0 Å². The molecule has 2 heterocycles. The molecule has 1 N–H and O–H groups in total. The van der Waals surface area contributed by atoms with Crippen LogP contribution in [0.1, 0.15) is 46.0 Å². The fourth-order valence-corrected chi connectivity index (χ4v) is 5.69. The van der Waals surface area contributed by atoms with Crippen molar-refractivity contribution in [3.8, 4) is 0 Å². The van der Waals surface area contributed by atoms with Gasteiger partial charge in [-0.1, -0.05) is 6.92 Å². The van der Waals surface area contributed by atoms with Crippen LogP contribution >= 0.6 is 45.3 Å². The first kappa shape index (κ1) is 14.0. The molecule has 1 aliphatic carbocycles. The zero-order valence-electron chi connectivity index (χ0n) is 11.0. The Morgan fingerprint density at radius 1 is 1.32 bits per heavy atom. The minimum atomic E-state index is 0.565. The minimum absolute atomic E-state index is 0.565. The first-order valence-corrected chi connectivity index (χ1v) is 9.56. The summed E-state index contributed by atoms with van der Waals surface area (Å²) in [4.78, 5) is 4.56. The third-order valence-electron chi connectivity index (χ3n) is 3.67. The van der Waals surface area contributed by atoms with Gasteiger partial charge in [-0.2, -0.15) is 0 Å². The van der Waals surface area contributed by atoms with E-state index in [1.807, 2.05) is 22.7 Å². The van der Waals surface area contributed by atoms with E-state index < -0.39 is 0 Å². The van der Waals surface area contributed by atoms with Crippen LogP contribution < -0.4 is 5.32 Å². The lowest BCUT2D eigenvalue weighted by atomic mass is 9.94. The van der Waals surface area contributed by atoms with Crippen LogP contribution in [0.25, 0.3) is 0 Å². The second kappa shape index (κ2) is 6.24. The summed E-state index contributed by atoms with van der Waals surface area (Å²) in [5.41, 5.74) is 1.56. The van der Waals surface area contributed by atoms with Crippen LogP contribution in [0.4, 0.5) is 0 Å². The number of hydrogen-bond donors (Lipinski definition) is 1. The predicted octanol–water partition coefficient (Wildman–Crippen LogP) is 5.14. The number of fused-ring (bicyclic) bond motifs is 1. The average Bonchev–Trinajstić information content (AvgIpc) is 3.01. The minimum Gasteiger partial charge on any atom is -0.305 e. The molecule has 0 saturated carbocycles. The standard InChI is InChI=1S/C15H18INS2/c1-2-10-6-7-11(18-10)9-17-13-4-3-5-14-12(13)8-15(16)19-14/h6-8,13,17H,2-5,9H2,1H3. The van der Waals surface area contributed by atoms with E-state index >= 15 is 0 Å². The van der Waals surface area contributed by atoms with Gasteiger partial charge in [0, 0.05) is 27.2 Å². The summed E-state index contributed by atoms with van der Waals surface area (Å²) in [6.07, 6.45) is 5.04. The molecule has 0 radical (unpaired) electrons. The second-order valence-electron chi connectivity index (χ2n) is 4.98. The molecule has 1 atom stereocenters. The van der Waals surface area contributed by atoms with Crippen molar-refractivity contribution < 1.29 is 0 Å². The third-order valence-corrected chi connectivity index (χ3v) is 6.87. The maximum absolute atomic E-state index is 3.76. The number of nitrogens with one attached hydrogen (secondary N) is 1. The van der Waals surface area contributed by atoms with Crippen LogP contribution in [-0.2, 0) is 19.4 Å². The van der Waals surface area contributed by atoms with Crippen molar-refractivity contribution in [2.75, 3.05) is 0 Å². The molecule has 4 heteroatoms. The molecule has 2 aromatic rings. The lowest BCUT2D eigenvalue weighted by molar-refractivity contribution is 0.465. The Balaban J connectivity index is 1.67. The molecule has 1 nitrogen and oxygen atoms in total. The van der Waals surface area contributed by atoms with Crippen molar-refractivity contribution in [3.63, 3.8) is 0 Å². The Bertz CT molecular complexity index is 558. The van der Waals surface area contributed by atoms with E-state index in [0.717, 1.165) is 13.0 Å². The number of halogens is 1. The van der Waals surface area contributed by atoms with Crippen LogP contribution in [0, 0.1) is 2.88 Å².